The molecule has 1 aliphatic heterocycles. The van der Waals surface area contributed by atoms with Gasteiger partial charge in [0.05, 0.1) is 13.2 Å². The van der Waals surface area contributed by atoms with Gasteiger partial charge >= 0.3 is 12.0 Å². The molecule has 0 spiro atoms. The van der Waals surface area contributed by atoms with Crippen LogP contribution < -0.4 is 5.32 Å². The minimum Gasteiger partial charge on any atom is -0.465 e. The summed E-state index contributed by atoms with van der Waals surface area (Å²) in [5, 5.41) is 2.96. The van der Waals surface area contributed by atoms with Crippen molar-refractivity contribution in [2.24, 2.45) is 0 Å². The van der Waals surface area contributed by atoms with Crippen LogP contribution in [0.1, 0.15) is 18.1 Å². The average Bonchev–Trinajstić information content (AvgIpc) is 3.11. The van der Waals surface area contributed by atoms with Crippen LogP contribution in [0.15, 0.2) is 64.8 Å². The van der Waals surface area contributed by atoms with Crippen LogP contribution in [0.3, 0.4) is 0 Å². The zero-order chi connectivity index (χ0) is 23.5. The van der Waals surface area contributed by atoms with Crippen molar-refractivity contribution in [1.29, 1.82) is 0 Å². The second-order valence-electron chi connectivity index (χ2n) is 7.37. The maximum absolute atomic E-state index is 13.1. The maximum atomic E-state index is 13.1. The number of fused-ring (bicyclic) bond motifs is 1. The van der Waals surface area contributed by atoms with Crippen molar-refractivity contribution >= 4 is 56.7 Å². The lowest BCUT2D eigenvalue weighted by Crippen LogP contribution is -2.53. The summed E-state index contributed by atoms with van der Waals surface area (Å²) in [5.41, 5.74) is 1.88. The summed E-state index contributed by atoms with van der Waals surface area (Å²) in [5.74, 6) is -1.85. The normalized spacial score (nSPS) is 15.3. The highest BCUT2D eigenvalue weighted by Gasteiger charge is 2.35. The van der Waals surface area contributed by atoms with Gasteiger partial charge in [-0.2, -0.15) is 0 Å². The molecule has 168 valence electrons. The van der Waals surface area contributed by atoms with Crippen LogP contribution in [0.25, 0.3) is 17.0 Å². The number of amides is 4. The van der Waals surface area contributed by atoms with Crippen molar-refractivity contribution in [1.82, 2.24) is 14.8 Å². The quantitative estimate of drug-likeness (QED) is 0.310. The molecule has 1 N–H and O–H groups in total. The van der Waals surface area contributed by atoms with Gasteiger partial charge in [0, 0.05) is 27.1 Å². The number of hydrogen-bond acceptors (Lipinski definition) is 5. The van der Waals surface area contributed by atoms with Gasteiger partial charge in [0.15, 0.2) is 0 Å². The number of nitrogens with zero attached hydrogens (tertiary/aromatic N) is 2. The van der Waals surface area contributed by atoms with Crippen molar-refractivity contribution in [2.75, 3.05) is 6.61 Å². The molecule has 2 heterocycles. The molecule has 33 heavy (non-hydrogen) atoms. The van der Waals surface area contributed by atoms with Crippen molar-refractivity contribution < 1.29 is 23.9 Å². The molecule has 1 aliphatic rings. The Morgan fingerprint density at radius 1 is 1.12 bits per heavy atom. The number of hydrogen-bond donors (Lipinski definition) is 1. The highest BCUT2D eigenvalue weighted by Crippen LogP contribution is 2.28. The molecule has 4 rings (SSSR count). The number of carbonyl (C=O) groups excluding carboxylic acids is 4. The lowest BCUT2D eigenvalue weighted by Gasteiger charge is -2.26. The Bertz CT molecular complexity index is 1300. The molecule has 0 aliphatic carbocycles. The molecule has 0 unspecified atom stereocenters. The van der Waals surface area contributed by atoms with E-state index in [1.54, 1.807) is 42.0 Å². The van der Waals surface area contributed by atoms with E-state index in [2.05, 4.69) is 21.2 Å². The van der Waals surface area contributed by atoms with Crippen LogP contribution in [-0.4, -0.2) is 39.9 Å². The Hall–Kier alpha value is -3.72. The van der Waals surface area contributed by atoms with Gasteiger partial charge in [-0.1, -0.05) is 46.3 Å². The Morgan fingerprint density at radius 3 is 2.61 bits per heavy atom. The Morgan fingerprint density at radius 2 is 1.88 bits per heavy atom. The van der Waals surface area contributed by atoms with Crippen LogP contribution in [0.4, 0.5) is 4.79 Å². The molecular formula is C24H20BrN3O5. The van der Waals surface area contributed by atoms with Crippen LogP contribution in [0.5, 0.6) is 0 Å². The highest BCUT2D eigenvalue weighted by molar-refractivity contribution is 9.10. The minimum absolute atomic E-state index is 0.0199. The van der Waals surface area contributed by atoms with Crippen molar-refractivity contribution in [3.8, 4) is 0 Å². The third kappa shape index (κ3) is 4.73. The molecule has 0 radical (unpaired) electrons. The van der Waals surface area contributed by atoms with E-state index in [-0.39, 0.29) is 25.3 Å². The zero-order valence-corrected chi connectivity index (χ0v) is 19.3. The largest absolute Gasteiger partial charge is 0.465 e. The summed E-state index contributed by atoms with van der Waals surface area (Å²) in [6.45, 7) is 2.01. The minimum atomic E-state index is -0.768. The van der Waals surface area contributed by atoms with Gasteiger partial charge in [0.1, 0.15) is 12.1 Å². The Labute approximate surface area is 197 Å². The fraction of sp³-hybridized carbons (Fsp3) is 0.167. The molecular weight excluding hydrogens is 490 g/mol. The molecule has 3 aromatic rings. The summed E-state index contributed by atoms with van der Waals surface area (Å²) < 4.78 is 7.54. The lowest BCUT2D eigenvalue weighted by atomic mass is 10.1. The van der Waals surface area contributed by atoms with Crippen LogP contribution in [0, 0.1) is 0 Å². The van der Waals surface area contributed by atoms with Crippen LogP contribution in [0.2, 0.25) is 0 Å². The van der Waals surface area contributed by atoms with Gasteiger partial charge in [-0.15, -0.1) is 0 Å². The molecule has 1 aromatic heterocycles. The number of aromatic nitrogens is 1. The van der Waals surface area contributed by atoms with E-state index in [1.807, 2.05) is 24.3 Å². The third-order valence-corrected chi connectivity index (χ3v) is 5.64. The lowest BCUT2D eigenvalue weighted by molar-refractivity contribution is -0.143. The van der Waals surface area contributed by atoms with E-state index in [0.717, 1.165) is 25.8 Å². The molecule has 8 nitrogen and oxygen atoms in total. The number of esters is 1. The van der Waals surface area contributed by atoms with Gasteiger partial charge in [-0.25, -0.2) is 4.79 Å². The molecule has 0 saturated carbocycles. The van der Waals surface area contributed by atoms with E-state index in [1.165, 1.54) is 6.08 Å². The highest BCUT2D eigenvalue weighted by atomic mass is 79.9. The second-order valence-corrected chi connectivity index (χ2v) is 8.29. The number of imide groups is 2. The molecule has 1 fully saturated rings. The van der Waals surface area contributed by atoms with Crippen molar-refractivity contribution in [3.63, 3.8) is 0 Å². The van der Waals surface area contributed by atoms with Crippen molar-refractivity contribution in [3.05, 3.63) is 75.9 Å². The summed E-state index contributed by atoms with van der Waals surface area (Å²) in [6, 6.07) is 13.8. The molecule has 2 aromatic carbocycles. The predicted octanol–water partition coefficient (Wildman–Crippen LogP) is 3.63. The first-order chi connectivity index (χ1) is 15.9. The van der Waals surface area contributed by atoms with Gasteiger partial charge < -0.3 is 9.30 Å². The fourth-order valence-corrected chi connectivity index (χ4v) is 4.01. The molecule has 1 saturated heterocycles. The van der Waals surface area contributed by atoms with Crippen molar-refractivity contribution in [2.45, 2.75) is 20.0 Å². The van der Waals surface area contributed by atoms with Gasteiger partial charge in [0.25, 0.3) is 11.8 Å². The number of barbiturate groups is 1. The smallest absolute Gasteiger partial charge is 0.331 e. The molecule has 9 heteroatoms. The number of urea groups is 1. The van der Waals surface area contributed by atoms with Gasteiger partial charge in [-0.3, -0.25) is 24.6 Å². The Kier molecular flexibility index (Phi) is 6.41. The van der Waals surface area contributed by atoms with E-state index in [9.17, 15) is 19.2 Å². The third-order valence-electron chi connectivity index (χ3n) is 5.15. The fourth-order valence-electron chi connectivity index (χ4n) is 3.65. The van der Waals surface area contributed by atoms with E-state index >= 15 is 0 Å². The van der Waals surface area contributed by atoms with E-state index in [0.29, 0.717) is 5.56 Å². The maximum Gasteiger partial charge on any atom is 0.331 e. The number of rotatable bonds is 6. The zero-order valence-electron chi connectivity index (χ0n) is 17.7. The average molecular weight is 510 g/mol. The molecule has 0 atom stereocenters. The van der Waals surface area contributed by atoms with Crippen LogP contribution >= 0.6 is 15.9 Å². The van der Waals surface area contributed by atoms with E-state index in [4.69, 9.17) is 4.74 Å². The number of ether oxygens (including phenoxy) is 1. The van der Waals surface area contributed by atoms with E-state index < -0.39 is 23.8 Å². The summed E-state index contributed by atoms with van der Waals surface area (Å²) in [6.07, 6.45) is 3.12. The first-order valence-electron chi connectivity index (χ1n) is 10.2. The first-order valence-corrected chi connectivity index (χ1v) is 11.0. The second kappa shape index (κ2) is 9.41. The summed E-state index contributed by atoms with van der Waals surface area (Å²) >= 11 is 3.43. The monoisotopic (exact) mass is 509 g/mol. The summed E-state index contributed by atoms with van der Waals surface area (Å²) in [4.78, 5) is 51.1. The van der Waals surface area contributed by atoms with Gasteiger partial charge in [-0.05, 0) is 36.8 Å². The first kappa shape index (κ1) is 22.5. The SMILES string of the molecule is CCOC(=O)Cn1cc(/C=C2\C(=O)NC(=O)N(Cc3ccccc3)C2=O)c2cc(Br)ccc21. The Balaban J connectivity index is 1.73. The summed E-state index contributed by atoms with van der Waals surface area (Å²) in [7, 11) is 0. The molecule has 4 amide bonds. The predicted molar refractivity (Wildman–Crippen MR) is 125 cm³/mol. The number of carbonyl (C=O) groups is 4. The number of halogens is 1. The standard InChI is InChI=1S/C24H20BrN3O5/c1-2-33-21(29)14-27-13-16(18-11-17(25)8-9-20(18)27)10-19-22(30)26-24(32)28(23(19)31)12-15-6-4-3-5-7-15/h3-11,13H,2,12,14H2,1H3,(H,26,30,32)/b19-10+. The number of benzene rings is 2. The molecule has 0 bridgehead atoms. The topological polar surface area (TPSA) is 97.7 Å². The van der Waals surface area contributed by atoms with Crippen LogP contribution in [-0.2, 0) is 32.2 Å². The number of nitrogens with one attached hydrogen (secondary N) is 1. The van der Waals surface area contributed by atoms with Gasteiger partial charge in [0.2, 0.25) is 0 Å².